The second kappa shape index (κ2) is 8.26. The third-order valence-corrected chi connectivity index (χ3v) is 5.41. The first-order valence-corrected chi connectivity index (χ1v) is 9.54. The molecule has 2 unspecified atom stereocenters. The Morgan fingerprint density at radius 1 is 1.07 bits per heavy atom. The topological polar surface area (TPSA) is 80.1 Å². The molecule has 0 N–H and O–H groups in total. The monoisotopic (exact) mass is 400 g/mol. The highest BCUT2D eigenvalue weighted by molar-refractivity contribution is 6.44. The predicted octanol–water partition coefficient (Wildman–Crippen LogP) is 1.70. The Hall–Kier alpha value is -2.84. The molecule has 3 heterocycles. The molecule has 2 aliphatic rings. The van der Waals surface area contributed by atoms with E-state index in [9.17, 15) is 18.8 Å². The summed E-state index contributed by atoms with van der Waals surface area (Å²) in [6.07, 6.45) is 1.45. The lowest BCUT2D eigenvalue weighted by molar-refractivity contribution is -0.141. The molecule has 2 aromatic rings. The van der Waals surface area contributed by atoms with Crippen LogP contribution in [-0.4, -0.2) is 66.7 Å². The molecule has 0 aliphatic carbocycles. The molecule has 0 spiro atoms. The van der Waals surface area contributed by atoms with E-state index in [-0.39, 0.29) is 5.56 Å². The van der Waals surface area contributed by atoms with E-state index in [0.717, 1.165) is 25.2 Å². The Morgan fingerprint density at radius 3 is 2.45 bits per heavy atom. The molecule has 0 bridgehead atoms. The third-order valence-electron chi connectivity index (χ3n) is 5.41. The summed E-state index contributed by atoms with van der Waals surface area (Å²) in [7, 11) is 0. The van der Waals surface area contributed by atoms with Gasteiger partial charge < -0.3 is 14.1 Å². The van der Waals surface area contributed by atoms with Crippen LogP contribution < -0.4 is 0 Å². The fourth-order valence-corrected chi connectivity index (χ4v) is 3.87. The number of likely N-dealkylation sites (tertiary alicyclic amines) is 1. The van der Waals surface area contributed by atoms with Gasteiger partial charge in [0.1, 0.15) is 23.5 Å². The Labute approximate surface area is 167 Å². The van der Waals surface area contributed by atoms with Crippen LogP contribution in [0.5, 0.6) is 0 Å². The van der Waals surface area contributed by atoms with Crippen molar-refractivity contribution in [3.8, 4) is 0 Å². The molecule has 2 aliphatic heterocycles. The molecule has 8 heteroatoms. The zero-order valence-electron chi connectivity index (χ0n) is 15.8. The zero-order chi connectivity index (χ0) is 20.4. The highest BCUT2D eigenvalue weighted by Crippen LogP contribution is 2.38. The summed E-state index contributed by atoms with van der Waals surface area (Å²) in [6.45, 7) is 3.61. The molecule has 152 valence electrons. The van der Waals surface area contributed by atoms with Gasteiger partial charge in [-0.25, -0.2) is 4.39 Å². The van der Waals surface area contributed by atoms with Crippen molar-refractivity contribution in [3.63, 3.8) is 0 Å². The summed E-state index contributed by atoms with van der Waals surface area (Å²) in [4.78, 5) is 42.2. The number of ether oxygens (including phenoxy) is 1. The van der Waals surface area contributed by atoms with Gasteiger partial charge in [-0.15, -0.1) is 0 Å². The van der Waals surface area contributed by atoms with Crippen LogP contribution in [0.2, 0.25) is 0 Å². The molecule has 29 heavy (non-hydrogen) atoms. The molecule has 4 rings (SSSR count). The van der Waals surface area contributed by atoms with E-state index in [0.29, 0.717) is 32.1 Å². The van der Waals surface area contributed by atoms with Crippen LogP contribution in [0.1, 0.15) is 22.2 Å². The van der Waals surface area contributed by atoms with Crippen molar-refractivity contribution >= 4 is 17.5 Å². The van der Waals surface area contributed by atoms with Crippen LogP contribution in [0.4, 0.5) is 4.39 Å². The van der Waals surface area contributed by atoms with E-state index in [4.69, 9.17) is 9.15 Å². The second-order valence-electron chi connectivity index (χ2n) is 7.13. The Balaban J connectivity index is 1.61. The van der Waals surface area contributed by atoms with Crippen LogP contribution in [0, 0.1) is 11.7 Å². The average Bonchev–Trinajstić information content (AvgIpc) is 3.35. The average molecular weight is 400 g/mol. The maximum Gasteiger partial charge on any atom is 0.291 e. The van der Waals surface area contributed by atoms with Crippen molar-refractivity contribution < 1.29 is 27.9 Å². The van der Waals surface area contributed by atoms with Crippen LogP contribution >= 0.6 is 0 Å². The van der Waals surface area contributed by atoms with Crippen molar-refractivity contribution in [3.05, 3.63) is 59.8 Å². The largest absolute Gasteiger partial charge is 0.467 e. The molecular formula is C21H21FN2O5. The number of Topliss-reactive ketones (excluding diaryl/α,β-unsaturated/α-hetero) is 2. The van der Waals surface area contributed by atoms with Crippen LogP contribution in [0.15, 0.2) is 47.1 Å². The number of benzene rings is 1. The summed E-state index contributed by atoms with van der Waals surface area (Å²) in [5, 5.41) is 0. The summed E-state index contributed by atoms with van der Waals surface area (Å²) in [6, 6.07) is 7.46. The maximum atomic E-state index is 13.2. The number of ketones is 2. The van der Waals surface area contributed by atoms with Gasteiger partial charge in [-0.2, -0.15) is 0 Å². The lowest BCUT2D eigenvalue weighted by Crippen LogP contribution is -2.42. The molecule has 1 amide bonds. The quantitative estimate of drug-likeness (QED) is 0.417. The molecule has 0 radical (unpaired) electrons. The minimum atomic E-state index is -1.22. The number of nitrogens with zero attached hydrogens (tertiary/aromatic N) is 2. The van der Waals surface area contributed by atoms with E-state index < -0.39 is 35.3 Å². The van der Waals surface area contributed by atoms with E-state index in [2.05, 4.69) is 4.90 Å². The Morgan fingerprint density at radius 2 is 1.79 bits per heavy atom. The fourth-order valence-electron chi connectivity index (χ4n) is 3.87. The highest BCUT2D eigenvalue weighted by atomic mass is 19.1. The first kappa shape index (κ1) is 19.5. The molecule has 7 nitrogen and oxygen atoms in total. The van der Waals surface area contributed by atoms with Gasteiger partial charge in [0.05, 0.1) is 19.5 Å². The lowest BCUT2D eigenvalue weighted by Gasteiger charge is -2.30. The van der Waals surface area contributed by atoms with Crippen molar-refractivity contribution in [1.29, 1.82) is 0 Å². The van der Waals surface area contributed by atoms with Crippen LogP contribution in [0.3, 0.4) is 0 Å². The molecule has 0 saturated carbocycles. The minimum Gasteiger partial charge on any atom is -0.467 e. The van der Waals surface area contributed by atoms with Gasteiger partial charge in [-0.1, -0.05) is 0 Å². The third kappa shape index (κ3) is 3.86. The van der Waals surface area contributed by atoms with Crippen molar-refractivity contribution in [2.24, 2.45) is 5.92 Å². The normalized spacial score (nSPS) is 23.0. The van der Waals surface area contributed by atoms with Gasteiger partial charge in [0.2, 0.25) is 5.78 Å². The highest BCUT2D eigenvalue weighted by Gasteiger charge is 2.52. The number of halogens is 1. The van der Waals surface area contributed by atoms with Crippen LogP contribution in [0.25, 0.3) is 0 Å². The summed E-state index contributed by atoms with van der Waals surface area (Å²) < 4.78 is 24.0. The Kier molecular flexibility index (Phi) is 5.55. The second-order valence-corrected chi connectivity index (χ2v) is 7.13. The number of hydrogen-bond acceptors (Lipinski definition) is 6. The smallest absolute Gasteiger partial charge is 0.291 e. The van der Waals surface area contributed by atoms with Crippen molar-refractivity contribution in [2.45, 2.75) is 6.04 Å². The summed E-state index contributed by atoms with van der Waals surface area (Å²) >= 11 is 0. The summed E-state index contributed by atoms with van der Waals surface area (Å²) in [5.74, 6) is -3.29. The van der Waals surface area contributed by atoms with E-state index in [1.165, 1.54) is 23.3 Å². The standard InChI is InChI=1S/C21H21FN2O5/c22-15-5-3-14(4-6-15)19(25)17-18(16-2-1-11-29-16)24(21(27)20(17)26)8-7-23-9-12-28-13-10-23/h1-6,11,17-18H,7-10,12-13H2. The minimum absolute atomic E-state index is 0.184. The molecule has 2 saturated heterocycles. The summed E-state index contributed by atoms with van der Waals surface area (Å²) in [5.41, 5.74) is 0.184. The number of hydrogen-bond donors (Lipinski definition) is 0. The van der Waals surface area contributed by atoms with E-state index >= 15 is 0 Å². The van der Waals surface area contributed by atoms with Gasteiger partial charge in [-0.05, 0) is 36.4 Å². The number of amides is 1. The maximum absolute atomic E-state index is 13.2. The predicted molar refractivity (Wildman–Crippen MR) is 99.6 cm³/mol. The van der Waals surface area contributed by atoms with Gasteiger partial charge in [0, 0.05) is 31.7 Å². The van der Waals surface area contributed by atoms with Gasteiger partial charge >= 0.3 is 0 Å². The van der Waals surface area contributed by atoms with E-state index in [1.807, 2.05) is 0 Å². The molecule has 1 aromatic heterocycles. The van der Waals surface area contributed by atoms with Crippen LogP contribution in [-0.2, 0) is 14.3 Å². The molecule has 1 aromatic carbocycles. The van der Waals surface area contributed by atoms with Gasteiger partial charge in [0.15, 0.2) is 5.78 Å². The fraction of sp³-hybridized carbons (Fsp3) is 0.381. The number of carbonyl (C=O) groups is 3. The number of rotatable bonds is 6. The van der Waals surface area contributed by atoms with Gasteiger partial charge in [0.25, 0.3) is 5.91 Å². The zero-order valence-corrected chi connectivity index (χ0v) is 15.8. The first-order valence-electron chi connectivity index (χ1n) is 9.54. The molecule has 2 atom stereocenters. The number of furan rings is 1. The Bertz CT molecular complexity index is 890. The van der Waals surface area contributed by atoms with Gasteiger partial charge in [-0.3, -0.25) is 19.3 Å². The number of morpholine rings is 1. The van der Waals surface area contributed by atoms with E-state index in [1.54, 1.807) is 12.1 Å². The molecular weight excluding hydrogens is 379 g/mol. The van der Waals surface area contributed by atoms with Crippen molar-refractivity contribution in [2.75, 3.05) is 39.4 Å². The number of carbonyl (C=O) groups excluding carboxylic acids is 3. The SMILES string of the molecule is O=C1C(=O)N(CCN2CCOCC2)C(c2ccco2)C1C(=O)c1ccc(F)cc1. The molecule has 2 fully saturated rings. The van der Waals surface area contributed by atoms with Crippen molar-refractivity contribution in [1.82, 2.24) is 9.80 Å². The first-order chi connectivity index (χ1) is 14.1. The lowest BCUT2D eigenvalue weighted by atomic mass is 9.89.